The Bertz CT molecular complexity index is 97.7. The molecular formula is C6H12N2O. The number of hydrogen-bond donors (Lipinski definition) is 2. The smallest absolute Gasteiger partial charge is 0.0836 e. The summed E-state index contributed by atoms with van der Waals surface area (Å²) in [6.07, 6.45) is 5.83. The Hall–Kier alpha value is -0.560. The maximum atomic E-state index is 5.08. The van der Waals surface area contributed by atoms with Crippen molar-refractivity contribution >= 4 is 0 Å². The van der Waals surface area contributed by atoms with Crippen molar-refractivity contribution in [1.82, 2.24) is 5.43 Å². The van der Waals surface area contributed by atoms with Gasteiger partial charge in [-0.2, -0.15) is 0 Å². The highest BCUT2D eigenvalue weighted by atomic mass is 16.5. The zero-order valence-electron chi connectivity index (χ0n) is 5.55. The average molecular weight is 128 g/mol. The molecule has 0 aromatic carbocycles. The average Bonchev–Trinajstić information content (AvgIpc) is 1.91. The topological polar surface area (TPSA) is 47.3 Å². The fourth-order valence-corrected chi connectivity index (χ4v) is 0.450. The van der Waals surface area contributed by atoms with E-state index < -0.39 is 0 Å². The number of rotatable bonds is 4. The molecule has 0 bridgehead atoms. The molecule has 0 aromatic rings. The second-order valence-corrected chi connectivity index (χ2v) is 1.67. The first kappa shape index (κ1) is 8.44. The van der Waals surface area contributed by atoms with Crippen LogP contribution in [0.2, 0.25) is 0 Å². The minimum Gasteiger partial charge on any atom is -0.385 e. The summed E-state index contributed by atoms with van der Waals surface area (Å²) >= 11 is 0. The third kappa shape index (κ3) is 3.98. The van der Waals surface area contributed by atoms with E-state index in [0.717, 1.165) is 6.42 Å². The quantitative estimate of drug-likeness (QED) is 0.304. The Labute approximate surface area is 55.5 Å². The number of hydrazine groups is 1. The zero-order valence-corrected chi connectivity index (χ0v) is 5.55. The van der Waals surface area contributed by atoms with Crippen LogP contribution in [0.25, 0.3) is 0 Å². The molecule has 0 heterocycles. The maximum Gasteiger partial charge on any atom is 0.0836 e. The lowest BCUT2D eigenvalue weighted by atomic mass is 10.2. The van der Waals surface area contributed by atoms with Crippen molar-refractivity contribution < 1.29 is 4.74 Å². The van der Waals surface area contributed by atoms with Crippen molar-refractivity contribution in [1.29, 1.82) is 0 Å². The minimum absolute atomic E-state index is 0.0649. The maximum absolute atomic E-state index is 5.08. The van der Waals surface area contributed by atoms with Gasteiger partial charge in [-0.15, -0.1) is 6.42 Å². The lowest BCUT2D eigenvalue weighted by Crippen LogP contribution is -2.34. The van der Waals surface area contributed by atoms with E-state index in [0.29, 0.717) is 6.61 Å². The minimum atomic E-state index is -0.0649. The summed E-state index contributed by atoms with van der Waals surface area (Å²) in [7, 11) is 1.63. The molecule has 0 saturated heterocycles. The molecule has 0 aliphatic heterocycles. The summed E-state index contributed by atoms with van der Waals surface area (Å²) in [5.74, 6) is 7.55. The molecule has 3 heteroatoms. The highest BCUT2D eigenvalue weighted by Crippen LogP contribution is 1.86. The van der Waals surface area contributed by atoms with Crippen molar-refractivity contribution in [2.45, 2.75) is 12.5 Å². The molecule has 3 nitrogen and oxygen atoms in total. The highest BCUT2D eigenvalue weighted by molar-refractivity contribution is 4.97. The Morgan fingerprint density at radius 1 is 1.89 bits per heavy atom. The molecule has 0 saturated carbocycles. The summed E-state index contributed by atoms with van der Waals surface area (Å²) in [6, 6.07) is -0.0649. The van der Waals surface area contributed by atoms with E-state index in [1.165, 1.54) is 0 Å². The van der Waals surface area contributed by atoms with Crippen molar-refractivity contribution in [2.24, 2.45) is 5.84 Å². The summed E-state index contributed by atoms with van der Waals surface area (Å²) in [6.45, 7) is 0.638. The van der Waals surface area contributed by atoms with Crippen LogP contribution in [-0.4, -0.2) is 19.8 Å². The van der Waals surface area contributed by atoms with E-state index in [1.54, 1.807) is 7.11 Å². The third-order valence-electron chi connectivity index (χ3n) is 1.01. The largest absolute Gasteiger partial charge is 0.385 e. The van der Waals surface area contributed by atoms with Gasteiger partial charge in [0, 0.05) is 13.7 Å². The SMILES string of the molecule is C#CC(CCOC)NN. The van der Waals surface area contributed by atoms with Gasteiger partial charge in [0.05, 0.1) is 6.04 Å². The Morgan fingerprint density at radius 3 is 2.89 bits per heavy atom. The van der Waals surface area contributed by atoms with Crippen molar-refractivity contribution in [2.75, 3.05) is 13.7 Å². The standard InChI is InChI=1S/C6H12N2O/c1-3-6(8-7)4-5-9-2/h1,6,8H,4-5,7H2,2H3. The predicted molar refractivity (Wildman–Crippen MR) is 36.4 cm³/mol. The van der Waals surface area contributed by atoms with Gasteiger partial charge in [0.2, 0.25) is 0 Å². The molecule has 0 fully saturated rings. The molecule has 1 unspecified atom stereocenters. The third-order valence-corrected chi connectivity index (χ3v) is 1.01. The van der Waals surface area contributed by atoms with Crippen LogP contribution in [0.4, 0.5) is 0 Å². The molecule has 0 spiro atoms. The number of methoxy groups -OCH3 is 1. The van der Waals surface area contributed by atoms with Crippen LogP contribution < -0.4 is 11.3 Å². The highest BCUT2D eigenvalue weighted by Gasteiger charge is 1.98. The van der Waals surface area contributed by atoms with Crippen LogP contribution >= 0.6 is 0 Å². The summed E-state index contributed by atoms with van der Waals surface area (Å²) in [5, 5.41) is 0. The van der Waals surface area contributed by atoms with Gasteiger partial charge in [-0.1, -0.05) is 5.92 Å². The molecule has 0 radical (unpaired) electrons. The lowest BCUT2D eigenvalue weighted by Gasteiger charge is -2.06. The molecule has 0 aliphatic rings. The van der Waals surface area contributed by atoms with E-state index in [-0.39, 0.29) is 6.04 Å². The summed E-state index contributed by atoms with van der Waals surface area (Å²) in [4.78, 5) is 0. The fraction of sp³-hybridized carbons (Fsp3) is 0.667. The predicted octanol–water partition coefficient (Wildman–Crippen LogP) is -0.512. The van der Waals surface area contributed by atoms with Gasteiger partial charge in [-0.05, 0) is 6.42 Å². The van der Waals surface area contributed by atoms with Gasteiger partial charge < -0.3 is 4.74 Å². The van der Waals surface area contributed by atoms with Crippen LogP contribution in [0.1, 0.15) is 6.42 Å². The molecular weight excluding hydrogens is 116 g/mol. The van der Waals surface area contributed by atoms with Crippen molar-refractivity contribution in [3.05, 3.63) is 0 Å². The van der Waals surface area contributed by atoms with Crippen LogP contribution in [-0.2, 0) is 4.74 Å². The van der Waals surface area contributed by atoms with E-state index in [4.69, 9.17) is 17.0 Å². The van der Waals surface area contributed by atoms with Gasteiger partial charge in [-0.25, -0.2) is 5.43 Å². The lowest BCUT2D eigenvalue weighted by molar-refractivity contribution is 0.189. The number of terminal acetylenes is 1. The first-order valence-corrected chi connectivity index (χ1v) is 2.76. The zero-order chi connectivity index (χ0) is 7.11. The molecule has 9 heavy (non-hydrogen) atoms. The first-order valence-electron chi connectivity index (χ1n) is 2.76. The van der Waals surface area contributed by atoms with Crippen LogP contribution in [0, 0.1) is 12.3 Å². The monoisotopic (exact) mass is 128 g/mol. The van der Waals surface area contributed by atoms with Crippen LogP contribution in [0.5, 0.6) is 0 Å². The van der Waals surface area contributed by atoms with Gasteiger partial charge >= 0.3 is 0 Å². The van der Waals surface area contributed by atoms with Gasteiger partial charge in [0.1, 0.15) is 0 Å². The molecule has 0 rings (SSSR count). The van der Waals surface area contributed by atoms with Gasteiger partial charge in [0.15, 0.2) is 0 Å². The number of hydrogen-bond acceptors (Lipinski definition) is 3. The molecule has 3 N–H and O–H groups in total. The van der Waals surface area contributed by atoms with E-state index in [1.807, 2.05) is 0 Å². The molecule has 0 aromatic heterocycles. The Morgan fingerprint density at radius 2 is 2.56 bits per heavy atom. The molecule has 0 aliphatic carbocycles. The Balaban J connectivity index is 3.23. The number of nitrogens with two attached hydrogens (primary N) is 1. The van der Waals surface area contributed by atoms with Crippen LogP contribution in [0.15, 0.2) is 0 Å². The fourth-order valence-electron chi connectivity index (χ4n) is 0.450. The number of ether oxygens (including phenoxy) is 1. The van der Waals surface area contributed by atoms with Crippen molar-refractivity contribution in [3.8, 4) is 12.3 Å². The van der Waals surface area contributed by atoms with Crippen LogP contribution in [0.3, 0.4) is 0 Å². The summed E-state index contributed by atoms with van der Waals surface area (Å²) < 4.78 is 4.78. The first-order chi connectivity index (χ1) is 4.35. The second kappa shape index (κ2) is 5.57. The number of nitrogens with one attached hydrogen (secondary N) is 1. The van der Waals surface area contributed by atoms with E-state index in [9.17, 15) is 0 Å². The van der Waals surface area contributed by atoms with E-state index in [2.05, 4.69) is 11.3 Å². The summed E-state index contributed by atoms with van der Waals surface area (Å²) in [5.41, 5.74) is 2.47. The Kier molecular flexibility index (Phi) is 5.23. The van der Waals surface area contributed by atoms with Gasteiger partial charge in [-0.3, -0.25) is 5.84 Å². The normalized spacial score (nSPS) is 12.6. The van der Waals surface area contributed by atoms with Crippen molar-refractivity contribution in [3.63, 3.8) is 0 Å². The van der Waals surface area contributed by atoms with E-state index >= 15 is 0 Å². The molecule has 52 valence electrons. The second-order valence-electron chi connectivity index (χ2n) is 1.67. The van der Waals surface area contributed by atoms with Gasteiger partial charge in [0.25, 0.3) is 0 Å². The molecule has 0 amide bonds. The molecule has 1 atom stereocenters.